The molecule has 0 saturated carbocycles. The lowest BCUT2D eigenvalue weighted by atomic mass is 10.1. The summed E-state index contributed by atoms with van der Waals surface area (Å²) in [6.45, 7) is 7.48. The van der Waals surface area contributed by atoms with Gasteiger partial charge in [0.2, 0.25) is 10.0 Å². The fourth-order valence-electron chi connectivity index (χ4n) is 2.55. The van der Waals surface area contributed by atoms with Crippen LogP contribution in [-0.2, 0) is 10.0 Å². The van der Waals surface area contributed by atoms with Crippen LogP contribution in [0.4, 0.5) is 11.4 Å². The van der Waals surface area contributed by atoms with E-state index in [9.17, 15) is 13.5 Å². The number of rotatable bonds is 6. The summed E-state index contributed by atoms with van der Waals surface area (Å²) in [6, 6.07) is 10.2. The van der Waals surface area contributed by atoms with Crippen molar-refractivity contribution in [2.75, 3.05) is 18.0 Å². The number of primary sulfonamides is 1. The molecule has 0 fully saturated rings. The van der Waals surface area contributed by atoms with Gasteiger partial charge in [0.1, 0.15) is 5.75 Å². The van der Waals surface area contributed by atoms with E-state index < -0.39 is 10.0 Å². The van der Waals surface area contributed by atoms with Gasteiger partial charge in [0.25, 0.3) is 0 Å². The molecule has 0 unspecified atom stereocenters. The maximum atomic E-state index is 11.6. The van der Waals surface area contributed by atoms with Crippen molar-refractivity contribution in [2.24, 2.45) is 10.1 Å². The molecule has 2 rings (SSSR count). The first-order valence-electron chi connectivity index (χ1n) is 8.01. The minimum absolute atomic E-state index is 0.0447. The van der Waals surface area contributed by atoms with Crippen LogP contribution >= 0.6 is 0 Å². The largest absolute Gasteiger partial charge is 0.507 e. The molecule has 0 radical (unpaired) electrons. The van der Waals surface area contributed by atoms with E-state index in [1.807, 2.05) is 6.07 Å². The fourth-order valence-corrected chi connectivity index (χ4v) is 3.35. The summed E-state index contributed by atoms with van der Waals surface area (Å²) < 4.78 is 23.1. The highest BCUT2D eigenvalue weighted by Crippen LogP contribution is 2.25. The van der Waals surface area contributed by atoms with Crippen LogP contribution in [0, 0.1) is 6.92 Å². The summed E-state index contributed by atoms with van der Waals surface area (Å²) in [5.74, 6) is 0.118. The molecule has 134 valence electrons. The van der Waals surface area contributed by atoms with Crippen LogP contribution in [0.15, 0.2) is 46.3 Å². The first-order chi connectivity index (χ1) is 11.8. The van der Waals surface area contributed by atoms with Crippen molar-refractivity contribution >= 4 is 27.6 Å². The standard InChI is InChI=1S/C18H23N3O3S/c1-4-21(5-2)16-9-7-14(17(22)11-16)12-20-15-8-6-13(3)18(10-15)25(19,23)24/h6-12,22H,4-5H2,1-3H3,(H2,19,23,24). The average Bonchev–Trinajstić information content (AvgIpc) is 2.55. The van der Waals surface area contributed by atoms with Gasteiger partial charge >= 0.3 is 0 Å². The van der Waals surface area contributed by atoms with Crippen LogP contribution in [0.5, 0.6) is 5.75 Å². The lowest BCUT2D eigenvalue weighted by molar-refractivity contribution is 0.474. The number of aliphatic imine (C=N–C) groups is 1. The van der Waals surface area contributed by atoms with E-state index in [2.05, 4.69) is 23.7 Å². The number of aromatic hydroxyl groups is 1. The number of benzene rings is 2. The quantitative estimate of drug-likeness (QED) is 0.773. The second-order valence-electron chi connectivity index (χ2n) is 5.67. The Labute approximate surface area is 148 Å². The third kappa shape index (κ3) is 4.58. The number of phenols is 1. The number of hydrogen-bond donors (Lipinski definition) is 2. The van der Waals surface area contributed by atoms with Gasteiger partial charge in [0, 0.05) is 36.6 Å². The van der Waals surface area contributed by atoms with Crippen molar-refractivity contribution < 1.29 is 13.5 Å². The molecule has 0 atom stereocenters. The molecule has 0 aromatic heterocycles. The van der Waals surface area contributed by atoms with E-state index in [0.29, 0.717) is 16.8 Å². The minimum Gasteiger partial charge on any atom is -0.507 e. The number of hydrogen-bond acceptors (Lipinski definition) is 5. The second-order valence-corrected chi connectivity index (χ2v) is 7.20. The lowest BCUT2D eigenvalue weighted by Crippen LogP contribution is -2.21. The van der Waals surface area contributed by atoms with E-state index in [0.717, 1.165) is 18.8 Å². The van der Waals surface area contributed by atoms with E-state index >= 15 is 0 Å². The summed E-state index contributed by atoms with van der Waals surface area (Å²) in [5.41, 5.74) is 2.50. The summed E-state index contributed by atoms with van der Waals surface area (Å²) in [6.07, 6.45) is 1.50. The zero-order chi connectivity index (χ0) is 18.6. The SMILES string of the molecule is CCN(CC)c1ccc(C=Nc2ccc(C)c(S(N)(=O)=O)c2)c(O)c1. The molecule has 0 saturated heterocycles. The smallest absolute Gasteiger partial charge is 0.238 e. The number of phenolic OH excluding ortho intramolecular Hbond substituents is 1. The second kappa shape index (κ2) is 7.67. The molecule has 0 amide bonds. The zero-order valence-electron chi connectivity index (χ0n) is 14.6. The van der Waals surface area contributed by atoms with E-state index in [1.165, 1.54) is 12.3 Å². The van der Waals surface area contributed by atoms with Crippen LogP contribution in [0.25, 0.3) is 0 Å². The topological polar surface area (TPSA) is 96.0 Å². The maximum Gasteiger partial charge on any atom is 0.238 e. The predicted molar refractivity (Wildman–Crippen MR) is 101 cm³/mol. The zero-order valence-corrected chi connectivity index (χ0v) is 15.4. The fraction of sp³-hybridized carbons (Fsp3) is 0.278. The maximum absolute atomic E-state index is 11.6. The molecule has 25 heavy (non-hydrogen) atoms. The summed E-state index contributed by atoms with van der Waals surface area (Å²) in [7, 11) is -3.80. The van der Waals surface area contributed by atoms with Gasteiger partial charge in [-0.3, -0.25) is 4.99 Å². The molecule has 0 aliphatic carbocycles. The number of anilines is 1. The number of sulfonamides is 1. The van der Waals surface area contributed by atoms with Gasteiger partial charge in [-0.25, -0.2) is 13.6 Å². The van der Waals surface area contributed by atoms with Gasteiger partial charge in [0.15, 0.2) is 0 Å². The molecule has 2 aromatic rings. The molecule has 3 N–H and O–H groups in total. The molecular weight excluding hydrogens is 338 g/mol. The Morgan fingerprint density at radius 2 is 1.84 bits per heavy atom. The van der Waals surface area contributed by atoms with Gasteiger partial charge in [-0.1, -0.05) is 6.07 Å². The van der Waals surface area contributed by atoms with E-state index in [4.69, 9.17) is 5.14 Å². The summed E-state index contributed by atoms with van der Waals surface area (Å²) in [4.78, 5) is 6.42. The van der Waals surface area contributed by atoms with Crippen LogP contribution in [0.2, 0.25) is 0 Å². The van der Waals surface area contributed by atoms with E-state index in [-0.39, 0.29) is 10.6 Å². The van der Waals surface area contributed by atoms with Gasteiger partial charge in [-0.2, -0.15) is 0 Å². The molecule has 0 heterocycles. The van der Waals surface area contributed by atoms with Crippen molar-refractivity contribution in [3.05, 3.63) is 47.5 Å². The van der Waals surface area contributed by atoms with Crippen LogP contribution < -0.4 is 10.0 Å². The Kier molecular flexibility index (Phi) is 5.81. The molecular formula is C18H23N3O3S. The Bertz CT molecular complexity index is 888. The molecule has 2 aromatic carbocycles. The van der Waals surface area contributed by atoms with Crippen LogP contribution in [-0.4, -0.2) is 32.8 Å². The Morgan fingerprint density at radius 1 is 1.16 bits per heavy atom. The van der Waals surface area contributed by atoms with Crippen LogP contribution in [0.1, 0.15) is 25.0 Å². The molecule has 0 bridgehead atoms. The highest BCUT2D eigenvalue weighted by molar-refractivity contribution is 7.89. The number of nitrogens with zero attached hydrogens (tertiary/aromatic N) is 2. The monoisotopic (exact) mass is 361 g/mol. The number of nitrogens with two attached hydrogens (primary N) is 1. The van der Waals surface area contributed by atoms with Crippen molar-refractivity contribution in [1.29, 1.82) is 0 Å². The first kappa shape index (κ1) is 19.0. The predicted octanol–water partition coefficient (Wildman–Crippen LogP) is 2.94. The minimum atomic E-state index is -3.80. The van der Waals surface area contributed by atoms with Crippen molar-refractivity contribution in [2.45, 2.75) is 25.7 Å². The van der Waals surface area contributed by atoms with Gasteiger partial charge in [0.05, 0.1) is 10.6 Å². The molecule has 6 nitrogen and oxygen atoms in total. The van der Waals surface area contributed by atoms with Gasteiger partial charge in [-0.15, -0.1) is 0 Å². The number of aryl methyl sites for hydroxylation is 1. The normalized spacial score (nSPS) is 11.8. The molecule has 0 aliphatic heterocycles. The molecule has 7 heteroatoms. The third-order valence-electron chi connectivity index (χ3n) is 3.97. The van der Waals surface area contributed by atoms with Crippen molar-refractivity contribution in [3.63, 3.8) is 0 Å². The van der Waals surface area contributed by atoms with Gasteiger partial charge in [-0.05, 0) is 50.6 Å². The van der Waals surface area contributed by atoms with Crippen LogP contribution in [0.3, 0.4) is 0 Å². The van der Waals surface area contributed by atoms with Crippen molar-refractivity contribution in [1.82, 2.24) is 0 Å². The third-order valence-corrected chi connectivity index (χ3v) is 5.03. The van der Waals surface area contributed by atoms with Gasteiger partial charge < -0.3 is 10.0 Å². The average molecular weight is 361 g/mol. The van der Waals surface area contributed by atoms with E-state index in [1.54, 1.807) is 31.2 Å². The Balaban J connectivity index is 2.31. The Morgan fingerprint density at radius 3 is 2.40 bits per heavy atom. The highest BCUT2D eigenvalue weighted by Gasteiger charge is 2.12. The summed E-state index contributed by atoms with van der Waals surface area (Å²) >= 11 is 0. The first-order valence-corrected chi connectivity index (χ1v) is 9.56. The lowest BCUT2D eigenvalue weighted by Gasteiger charge is -2.21. The molecule has 0 aliphatic rings. The van der Waals surface area contributed by atoms with Crippen molar-refractivity contribution in [3.8, 4) is 5.75 Å². The highest BCUT2D eigenvalue weighted by atomic mass is 32.2. The summed E-state index contributed by atoms with van der Waals surface area (Å²) in [5, 5.41) is 15.4. The molecule has 0 spiro atoms. The Hall–Kier alpha value is -2.38.